The summed E-state index contributed by atoms with van der Waals surface area (Å²) >= 11 is 5.94. The number of benzene rings is 1. The highest BCUT2D eigenvalue weighted by atomic mass is 35.5. The zero-order valence-corrected chi connectivity index (χ0v) is 12.9. The van der Waals surface area contributed by atoms with Gasteiger partial charge in [0.15, 0.2) is 5.82 Å². The molecule has 5 heteroatoms. The Bertz CT molecular complexity index is 626. The monoisotopic (exact) mass is 305 g/mol. The van der Waals surface area contributed by atoms with Crippen molar-refractivity contribution in [1.29, 1.82) is 0 Å². The SMILES string of the molecule is CCC1CCCC(c2noc(-c3ccc(Cl)c(N)c3)n2)C1. The third-order valence-corrected chi connectivity index (χ3v) is 4.75. The summed E-state index contributed by atoms with van der Waals surface area (Å²) in [5, 5.41) is 4.72. The number of anilines is 1. The molecule has 2 atom stereocenters. The van der Waals surface area contributed by atoms with E-state index in [2.05, 4.69) is 17.1 Å². The normalized spacial score (nSPS) is 22.4. The van der Waals surface area contributed by atoms with Crippen molar-refractivity contribution in [2.24, 2.45) is 5.92 Å². The summed E-state index contributed by atoms with van der Waals surface area (Å²) < 4.78 is 5.41. The van der Waals surface area contributed by atoms with Gasteiger partial charge in [-0.15, -0.1) is 0 Å². The highest BCUT2D eigenvalue weighted by Crippen LogP contribution is 2.37. The van der Waals surface area contributed by atoms with E-state index in [-0.39, 0.29) is 0 Å². The maximum absolute atomic E-state index is 5.94. The van der Waals surface area contributed by atoms with Gasteiger partial charge in [0.25, 0.3) is 5.89 Å². The summed E-state index contributed by atoms with van der Waals surface area (Å²) in [6.45, 7) is 2.26. The number of nitrogens with zero attached hydrogens (tertiary/aromatic N) is 2. The summed E-state index contributed by atoms with van der Waals surface area (Å²) in [5.74, 6) is 2.56. The number of hydrogen-bond acceptors (Lipinski definition) is 4. The Hall–Kier alpha value is -1.55. The zero-order chi connectivity index (χ0) is 14.8. The second-order valence-electron chi connectivity index (χ2n) is 5.83. The zero-order valence-electron chi connectivity index (χ0n) is 12.2. The molecule has 1 aliphatic rings. The van der Waals surface area contributed by atoms with Crippen LogP contribution in [-0.2, 0) is 0 Å². The van der Waals surface area contributed by atoms with Crippen molar-refractivity contribution in [1.82, 2.24) is 10.1 Å². The fourth-order valence-electron chi connectivity index (χ4n) is 3.09. The van der Waals surface area contributed by atoms with Crippen LogP contribution in [0.1, 0.15) is 50.8 Å². The maximum atomic E-state index is 5.94. The Morgan fingerprint density at radius 2 is 2.24 bits per heavy atom. The first kappa shape index (κ1) is 14.4. The van der Waals surface area contributed by atoms with Crippen LogP contribution in [0.25, 0.3) is 11.5 Å². The fourth-order valence-corrected chi connectivity index (χ4v) is 3.21. The molecule has 3 rings (SSSR count). The first-order chi connectivity index (χ1) is 10.2. The maximum Gasteiger partial charge on any atom is 0.258 e. The molecule has 1 heterocycles. The molecule has 2 N–H and O–H groups in total. The third kappa shape index (κ3) is 3.05. The lowest BCUT2D eigenvalue weighted by Gasteiger charge is -2.26. The van der Waals surface area contributed by atoms with Gasteiger partial charge in [-0.3, -0.25) is 0 Å². The van der Waals surface area contributed by atoms with E-state index in [1.807, 2.05) is 6.07 Å². The average Bonchev–Trinajstić information content (AvgIpc) is 3.00. The van der Waals surface area contributed by atoms with Crippen LogP contribution in [0.5, 0.6) is 0 Å². The Kier molecular flexibility index (Phi) is 4.15. The van der Waals surface area contributed by atoms with Crippen LogP contribution in [0.2, 0.25) is 5.02 Å². The molecule has 2 unspecified atom stereocenters. The first-order valence-electron chi connectivity index (χ1n) is 7.56. The third-order valence-electron chi connectivity index (χ3n) is 4.41. The van der Waals surface area contributed by atoms with Gasteiger partial charge in [-0.2, -0.15) is 4.98 Å². The molecule has 4 nitrogen and oxygen atoms in total. The molecule has 0 bridgehead atoms. The minimum atomic E-state index is 0.422. The summed E-state index contributed by atoms with van der Waals surface area (Å²) in [6, 6.07) is 5.38. The lowest BCUT2D eigenvalue weighted by atomic mass is 9.80. The number of halogens is 1. The summed E-state index contributed by atoms with van der Waals surface area (Å²) in [4.78, 5) is 4.57. The van der Waals surface area contributed by atoms with Crippen molar-refractivity contribution >= 4 is 17.3 Å². The molecule has 21 heavy (non-hydrogen) atoms. The summed E-state index contributed by atoms with van der Waals surface area (Å²) in [5.41, 5.74) is 7.17. The lowest BCUT2D eigenvalue weighted by molar-refractivity contribution is 0.300. The van der Waals surface area contributed by atoms with E-state index < -0.39 is 0 Å². The second kappa shape index (κ2) is 6.06. The van der Waals surface area contributed by atoms with Crippen LogP contribution in [-0.4, -0.2) is 10.1 Å². The molecule has 1 aliphatic carbocycles. The van der Waals surface area contributed by atoms with Gasteiger partial charge in [0.05, 0.1) is 10.7 Å². The molecule has 0 spiro atoms. The Morgan fingerprint density at radius 1 is 1.38 bits per heavy atom. The molecule has 1 fully saturated rings. The molecular weight excluding hydrogens is 286 g/mol. The van der Waals surface area contributed by atoms with Crippen LogP contribution in [0.15, 0.2) is 22.7 Å². The van der Waals surface area contributed by atoms with Gasteiger partial charge in [-0.05, 0) is 37.0 Å². The van der Waals surface area contributed by atoms with Crippen LogP contribution < -0.4 is 5.73 Å². The number of aromatic nitrogens is 2. The topological polar surface area (TPSA) is 64.9 Å². The smallest absolute Gasteiger partial charge is 0.258 e. The van der Waals surface area contributed by atoms with Crippen LogP contribution >= 0.6 is 11.6 Å². The second-order valence-corrected chi connectivity index (χ2v) is 6.24. The van der Waals surface area contributed by atoms with Gasteiger partial charge >= 0.3 is 0 Å². The Balaban J connectivity index is 1.81. The van der Waals surface area contributed by atoms with E-state index in [9.17, 15) is 0 Å². The van der Waals surface area contributed by atoms with Gasteiger partial charge < -0.3 is 10.3 Å². The molecule has 0 aliphatic heterocycles. The predicted molar refractivity (Wildman–Crippen MR) is 84.1 cm³/mol. The number of rotatable bonds is 3. The lowest BCUT2D eigenvalue weighted by Crippen LogP contribution is -2.14. The average molecular weight is 306 g/mol. The van der Waals surface area contributed by atoms with Crippen molar-refractivity contribution < 1.29 is 4.52 Å². The molecule has 1 saturated carbocycles. The van der Waals surface area contributed by atoms with E-state index in [0.29, 0.717) is 22.5 Å². The molecule has 1 aromatic heterocycles. The molecule has 1 aromatic carbocycles. The minimum Gasteiger partial charge on any atom is -0.398 e. The van der Waals surface area contributed by atoms with Crippen LogP contribution in [0.3, 0.4) is 0 Å². The quantitative estimate of drug-likeness (QED) is 0.838. The minimum absolute atomic E-state index is 0.422. The summed E-state index contributed by atoms with van der Waals surface area (Å²) in [6.07, 6.45) is 6.12. The van der Waals surface area contributed by atoms with Gasteiger partial charge in [0.2, 0.25) is 0 Å². The molecule has 112 valence electrons. The number of nitrogens with two attached hydrogens (primary N) is 1. The van der Waals surface area contributed by atoms with Crippen molar-refractivity contribution in [3.63, 3.8) is 0 Å². The van der Waals surface area contributed by atoms with Crippen molar-refractivity contribution in [3.05, 3.63) is 29.0 Å². The van der Waals surface area contributed by atoms with Gasteiger partial charge in [-0.25, -0.2) is 0 Å². The molecule has 0 amide bonds. The van der Waals surface area contributed by atoms with Gasteiger partial charge in [-0.1, -0.05) is 42.9 Å². The van der Waals surface area contributed by atoms with Crippen molar-refractivity contribution in [2.45, 2.75) is 44.9 Å². The number of nitrogen functional groups attached to an aromatic ring is 1. The van der Waals surface area contributed by atoms with E-state index in [4.69, 9.17) is 21.9 Å². The number of hydrogen-bond donors (Lipinski definition) is 1. The van der Waals surface area contributed by atoms with Crippen LogP contribution in [0, 0.1) is 5.92 Å². The summed E-state index contributed by atoms with van der Waals surface area (Å²) in [7, 11) is 0. The standard InChI is InChI=1S/C16H20ClN3O/c1-2-10-4-3-5-11(8-10)15-19-16(21-20-15)12-6-7-13(17)14(18)9-12/h6-7,9-11H,2-5,8,18H2,1H3. The predicted octanol–water partition coefficient (Wildman–Crippen LogP) is 4.66. The highest BCUT2D eigenvalue weighted by molar-refractivity contribution is 6.33. The van der Waals surface area contributed by atoms with Crippen LogP contribution in [0.4, 0.5) is 5.69 Å². The largest absolute Gasteiger partial charge is 0.398 e. The fraction of sp³-hybridized carbons (Fsp3) is 0.500. The molecular formula is C16H20ClN3O. The highest BCUT2D eigenvalue weighted by Gasteiger charge is 2.26. The van der Waals surface area contributed by atoms with E-state index in [1.54, 1.807) is 12.1 Å². The van der Waals surface area contributed by atoms with Gasteiger partial charge in [0.1, 0.15) is 0 Å². The first-order valence-corrected chi connectivity index (χ1v) is 7.94. The Morgan fingerprint density at radius 3 is 3.00 bits per heavy atom. The van der Waals surface area contributed by atoms with E-state index >= 15 is 0 Å². The van der Waals surface area contributed by atoms with Crippen molar-refractivity contribution in [3.8, 4) is 11.5 Å². The van der Waals surface area contributed by atoms with Crippen molar-refractivity contribution in [2.75, 3.05) is 5.73 Å². The molecule has 0 saturated heterocycles. The van der Waals surface area contributed by atoms with E-state index in [1.165, 1.54) is 19.3 Å². The molecule has 2 aromatic rings. The van der Waals surface area contributed by atoms with Gasteiger partial charge in [0, 0.05) is 11.5 Å². The molecule has 0 radical (unpaired) electrons. The van der Waals surface area contributed by atoms with E-state index in [0.717, 1.165) is 30.1 Å². The Labute approximate surface area is 129 Å².